The van der Waals surface area contributed by atoms with Gasteiger partial charge in [0.05, 0.1) is 6.61 Å². The average Bonchev–Trinajstić information content (AvgIpc) is 2.30. The van der Waals surface area contributed by atoms with Gasteiger partial charge in [-0.2, -0.15) is 0 Å². The highest BCUT2D eigenvalue weighted by Crippen LogP contribution is 2.18. The zero-order valence-electron chi connectivity index (χ0n) is 9.30. The van der Waals surface area contributed by atoms with Crippen LogP contribution in [0.5, 0.6) is 5.75 Å². The third kappa shape index (κ3) is 3.18. The predicted octanol–water partition coefficient (Wildman–Crippen LogP) is 0.411. The van der Waals surface area contributed by atoms with Crippen LogP contribution in [-0.4, -0.2) is 30.1 Å². The van der Waals surface area contributed by atoms with Crippen LogP contribution in [0.1, 0.15) is 19.3 Å². The van der Waals surface area contributed by atoms with E-state index in [1.807, 2.05) is 0 Å². The quantitative estimate of drug-likeness (QED) is 0.751. The van der Waals surface area contributed by atoms with Crippen molar-refractivity contribution in [3.8, 4) is 5.75 Å². The molecule has 0 aliphatic carbocycles. The van der Waals surface area contributed by atoms with E-state index in [4.69, 9.17) is 19.5 Å². The van der Waals surface area contributed by atoms with Crippen LogP contribution in [0.15, 0.2) is 18.2 Å². The lowest BCUT2D eigenvalue weighted by molar-refractivity contribution is -0.105. The second-order valence-corrected chi connectivity index (χ2v) is 3.97. The molecule has 1 aliphatic rings. The van der Waals surface area contributed by atoms with E-state index in [0.29, 0.717) is 6.61 Å². The minimum Gasteiger partial charge on any atom is -0.465 e. The van der Waals surface area contributed by atoms with Gasteiger partial charge in [0.15, 0.2) is 6.29 Å². The monoisotopic (exact) mass is 240 g/mol. The van der Waals surface area contributed by atoms with Crippen molar-refractivity contribution in [1.29, 1.82) is 0 Å². The lowest BCUT2D eigenvalue weighted by atomic mass is 9.79. The molecule has 0 bridgehead atoms. The number of halogens is 1. The summed E-state index contributed by atoms with van der Waals surface area (Å²) in [6.45, 7) is 0.608. The third-order valence-corrected chi connectivity index (χ3v) is 2.65. The zero-order valence-corrected chi connectivity index (χ0v) is 9.30. The topological polar surface area (TPSA) is 58.9 Å². The average molecular weight is 240 g/mol. The van der Waals surface area contributed by atoms with Gasteiger partial charge in [-0.05, 0) is 18.9 Å². The molecule has 0 radical (unpaired) electrons. The van der Waals surface area contributed by atoms with Gasteiger partial charge in [0.2, 0.25) is 0 Å². The van der Waals surface area contributed by atoms with Crippen molar-refractivity contribution in [2.45, 2.75) is 25.6 Å². The van der Waals surface area contributed by atoms with Crippen LogP contribution >= 0.6 is 0 Å². The fourth-order valence-corrected chi connectivity index (χ4v) is 1.77. The van der Waals surface area contributed by atoms with Crippen molar-refractivity contribution < 1.29 is 23.9 Å². The Bertz CT molecular complexity index is 380. The fourth-order valence-electron chi connectivity index (χ4n) is 1.77. The van der Waals surface area contributed by atoms with Crippen molar-refractivity contribution >= 4 is 12.6 Å². The van der Waals surface area contributed by atoms with Gasteiger partial charge in [0.1, 0.15) is 11.6 Å². The molecule has 1 aromatic rings. The largest absolute Gasteiger partial charge is 0.492 e. The molecule has 0 aromatic heterocycles. The molecular formula is C11H14BFO4. The van der Waals surface area contributed by atoms with Crippen molar-refractivity contribution in [1.82, 2.24) is 0 Å². The van der Waals surface area contributed by atoms with Gasteiger partial charge in [-0.3, -0.25) is 0 Å². The highest BCUT2D eigenvalue weighted by atomic mass is 19.1. The van der Waals surface area contributed by atoms with E-state index in [9.17, 15) is 4.39 Å². The zero-order chi connectivity index (χ0) is 12.3. The van der Waals surface area contributed by atoms with Gasteiger partial charge in [0.25, 0.3) is 0 Å². The van der Waals surface area contributed by atoms with E-state index in [2.05, 4.69) is 0 Å². The SMILES string of the molecule is OB(O)c1ccc(F)cc1OC1CCCCO1. The third-order valence-electron chi connectivity index (χ3n) is 2.65. The van der Waals surface area contributed by atoms with E-state index in [-0.39, 0.29) is 11.2 Å². The summed E-state index contributed by atoms with van der Waals surface area (Å²) in [5.74, 6) is -0.368. The van der Waals surface area contributed by atoms with Crippen LogP contribution in [0, 0.1) is 5.82 Å². The summed E-state index contributed by atoms with van der Waals surface area (Å²) in [5.41, 5.74) is 0.139. The van der Waals surface area contributed by atoms with Gasteiger partial charge in [-0.25, -0.2) is 4.39 Å². The number of benzene rings is 1. The van der Waals surface area contributed by atoms with E-state index >= 15 is 0 Å². The van der Waals surface area contributed by atoms with E-state index in [0.717, 1.165) is 31.4 Å². The molecule has 0 saturated carbocycles. The molecule has 4 nitrogen and oxygen atoms in total. The minimum absolute atomic E-state index is 0.118. The van der Waals surface area contributed by atoms with Gasteiger partial charge in [-0.1, -0.05) is 6.07 Å². The van der Waals surface area contributed by atoms with Crippen LogP contribution in [-0.2, 0) is 4.74 Å². The van der Waals surface area contributed by atoms with Crippen LogP contribution in [0.3, 0.4) is 0 Å². The summed E-state index contributed by atoms with van der Waals surface area (Å²) in [6, 6.07) is 3.58. The molecular weight excluding hydrogens is 226 g/mol. The standard InChI is InChI=1S/C11H14BFO4/c13-8-4-5-9(12(14)15)10(7-8)17-11-3-1-2-6-16-11/h4-5,7,11,14-15H,1-3,6H2. The van der Waals surface area contributed by atoms with Crippen LogP contribution in [0.4, 0.5) is 4.39 Å². The molecule has 1 saturated heterocycles. The number of ether oxygens (including phenoxy) is 2. The highest BCUT2D eigenvalue weighted by Gasteiger charge is 2.22. The molecule has 1 unspecified atom stereocenters. The first-order valence-corrected chi connectivity index (χ1v) is 5.60. The maximum absolute atomic E-state index is 13.1. The van der Waals surface area contributed by atoms with Crippen LogP contribution in [0.2, 0.25) is 0 Å². The smallest absolute Gasteiger partial charge is 0.465 e. The molecule has 0 spiro atoms. The lowest BCUT2D eigenvalue weighted by Crippen LogP contribution is -2.34. The Morgan fingerprint density at radius 1 is 1.35 bits per heavy atom. The first-order chi connectivity index (χ1) is 8.16. The first-order valence-electron chi connectivity index (χ1n) is 5.60. The van der Waals surface area contributed by atoms with E-state index in [1.165, 1.54) is 6.07 Å². The van der Waals surface area contributed by atoms with Crippen LogP contribution < -0.4 is 10.2 Å². The number of rotatable bonds is 3. The maximum Gasteiger partial charge on any atom is 0.492 e. The summed E-state index contributed by atoms with van der Waals surface area (Å²) < 4.78 is 23.9. The molecule has 1 fully saturated rings. The molecule has 1 aromatic carbocycles. The summed E-state index contributed by atoms with van der Waals surface area (Å²) >= 11 is 0. The Labute approximate surface area is 99.1 Å². The van der Waals surface area contributed by atoms with Gasteiger partial charge in [0, 0.05) is 17.9 Å². The lowest BCUT2D eigenvalue weighted by Gasteiger charge is -2.24. The summed E-state index contributed by atoms with van der Waals surface area (Å²) in [6.07, 6.45) is 2.25. The second-order valence-electron chi connectivity index (χ2n) is 3.97. The molecule has 1 atom stereocenters. The molecule has 92 valence electrons. The molecule has 1 heterocycles. The highest BCUT2D eigenvalue weighted by molar-refractivity contribution is 6.59. The summed E-state index contributed by atoms with van der Waals surface area (Å²) in [4.78, 5) is 0. The Morgan fingerprint density at radius 3 is 2.82 bits per heavy atom. The van der Waals surface area contributed by atoms with Gasteiger partial charge in [-0.15, -0.1) is 0 Å². The molecule has 1 aliphatic heterocycles. The van der Waals surface area contributed by atoms with Gasteiger partial charge < -0.3 is 19.5 Å². The van der Waals surface area contributed by atoms with Crippen molar-refractivity contribution in [2.75, 3.05) is 6.61 Å². The Morgan fingerprint density at radius 2 is 2.18 bits per heavy atom. The Balaban J connectivity index is 2.14. The van der Waals surface area contributed by atoms with Gasteiger partial charge >= 0.3 is 7.12 Å². The normalized spacial score (nSPS) is 20.1. The summed E-state index contributed by atoms with van der Waals surface area (Å²) in [7, 11) is -1.69. The molecule has 17 heavy (non-hydrogen) atoms. The second kappa shape index (κ2) is 5.49. The van der Waals surface area contributed by atoms with Crippen molar-refractivity contribution in [3.05, 3.63) is 24.0 Å². The first kappa shape index (κ1) is 12.4. The van der Waals surface area contributed by atoms with Crippen LogP contribution in [0.25, 0.3) is 0 Å². The number of hydrogen-bond donors (Lipinski definition) is 2. The molecule has 0 amide bonds. The molecule has 2 rings (SSSR count). The maximum atomic E-state index is 13.1. The molecule has 2 N–H and O–H groups in total. The molecule has 6 heteroatoms. The van der Waals surface area contributed by atoms with E-state index in [1.54, 1.807) is 0 Å². The van der Waals surface area contributed by atoms with Crippen molar-refractivity contribution in [2.24, 2.45) is 0 Å². The number of hydrogen-bond acceptors (Lipinski definition) is 4. The Kier molecular flexibility index (Phi) is 3.99. The van der Waals surface area contributed by atoms with Crippen molar-refractivity contribution in [3.63, 3.8) is 0 Å². The predicted molar refractivity (Wildman–Crippen MR) is 60.4 cm³/mol. The summed E-state index contributed by atoms with van der Waals surface area (Å²) in [5, 5.41) is 18.3. The fraction of sp³-hybridized carbons (Fsp3) is 0.455. The van der Waals surface area contributed by atoms with E-state index < -0.39 is 19.2 Å². The Hall–Kier alpha value is -1.11. The minimum atomic E-state index is -1.69.